The van der Waals surface area contributed by atoms with Crippen LogP contribution in [-0.2, 0) is 0 Å². The van der Waals surface area contributed by atoms with Crippen LogP contribution in [-0.4, -0.2) is 14.3 Å². The third-order valence-electron chi connectivity index (χ3n) is 3.47. The van der Waals surface area contributed by atoms with Crippen LogP contribution in [0.25, 0.3) is 0 Å². The molecule has 0 heterocycles. The summed E-state index contributed by atoms with van der Waals surface area (Å²) < 4.78 is 2.71. The zero-order valence-electron chi connectivity index (χ0n) is 10.9. The van der Waals surface area contributed by atoms with Crippen molar-refractivity contribution in [3.8, 4) is 0 Å². The summed E-state index contributed by atoms with van der Waals surface area (Å²) in [5, 5.41) is 0. The summed E-state index contributed by atoms with van der Waals surface area (Å²) in [4.78, 5) is 0. The molecular weight excluding hydrogens is 210 g/mol. The minimum absolute atomic E-state index is 0.717. The summed E-state index contributed by atoms with van der Waals surface area (Å²) in [5.74, 6) is 0.937. The summed E-state index contributed by atoms with van der Waals surface area (Å²) in [6.07, 6.45) is 2.85. The van der Waals surface area contributed by atoms with Gasteiger partial charge in [-0.25, -0.2) is 0 Å². The second kappa shape index (κ2) is 4.25. The van der Waals surface area contributed by atoms with Gasteiger partial charge in [0, 0.05) is 11.7 Å². The first-order valence-electron chi connectivity index (χ1n) is 6.34. The Kier molecular flexibility index (Phi) is 3.11. The molecule has 1 unspecified atom stereocenters. The molecule has 0 aromatic heterocycles. The van der Waals surface area contributed by atoms with Crippen LogP contribution in [0.15, 0.2) is 30.3 Å². The van der Waals surface area contributed by atoms with Gasteiger partial charge in [0.2, 0.25) is 0 Å². The Labute approximate surface area is 101 Å². The molecule has 1 fully saturated rings. The number of rotatable bonds is 4. The fraction of sp³-hybridized carbons (Fsp3) is 0.571. The van der Waals surface area contributed by atoms with E-state index in [9.17, 15) is 0 Å². The van der Waals surface area contributed by atoms with Gasteiger partial charge in [-0.05, 0) is 37.8 Å². The Bertz CT molecular complexity index is 338. The highest BCUT2D eigenvalue weighted by Crippen LogP contribution is 2.38. The van der Waals surface area contributed by atoms with Crippen molar-refractivity contribution >= 4 is 13.9 Å². The van der Waals surface area contributed by atoms with E-state index in [2.05, 4.69) is 61.5 Å². The molecule has 1 nitrogen and oxygen atoms in total. The Morgan fingerprint density at radius 1 is 1.12 bits per heavy atom. The number of nitrogens with zero attached hydrogens (tertiary/aromatic N) is 1. The van der Waals surface area contributed by atoms with Crippen molar-refractivity contribution in [3.05, 3.63) is 30.3 Å². The van der Waals surface area contributed by atoms with E-state index in [1.807, 2.05) is 0 Å². The van der Waals surface area contributed by atoms with Crippen LogP contribution >= 0.6 is 0 Å². The Morgan fingerprint density at radius 2 is 1.69 bits per heavy atom. The number of benzene rings is 1. The topological polar surface area (TPSA) is 3.24 Å². The zero-order chi connectivity index (χ0) is 11.8. The molecule has 0 N–H and O–H groups in total. The predicted molar refractivity (Wildman–Crippen MR) is 74.5 cm³/mol. The maximum atomic E-state index is 2.71. The average Bonchev–Trinajstić information content (AvgIpc) is 3.00. The standard InChI is InChI=1S/C14H23NSi/c1-12(13-10-11-13)15(16(2,3)4)14-8-6-5-7-9-14/h5-9,12-13H,10-11H2,1-4H3. The quantitative estimate of drug-likeness (QED) is 0.707. The van der Waals surface area contributed by atoms with Gasteiger partial charge >= 0.3 is 0 Å². The van der Waals surface area contributed by atoms with E-state index in [-0.39, 0.29) is 0 Å². The van der Waals surface area contributed by atoms with Crippen LogP contribution < -0.4 is 4.57 Å². The highest BCUT2D eigenvalue weighted by Gasteiger charge is 2.37. The van der Waals surface area contributed by atoms with Crippen molar-refractivity contribution < 1.29 is 0 Å². The van der Waals surface area contributed by atoms with Crippen molar-refractivity contribution in [1.29, 1.82) is 0 Å². The summed E-state index contributed by atoms with van der Waals surface area (Å²) in [7, 11) is -1.28. The Balaban J connectivity index is 2.27. The molecule has 0 spiro atoms. The van der Waals surface area contributed by atoms with Crippen LogP contribution in [0, 0.1) is 5.92 Å². The maximum absolute atomic E-state index is 2.71. The molecule has 1 aromatic rings. The molecule has 1 aromatic carbocycles. The van der Waals surface area contributed by atoms with Gasteiger partial charge in [0.1, 0.15) is 8.24 Å². The van der Waals surface area contributed by atoms with Gasteiger partial charge in [0.15, 0.2) is 0 Å². The lowest BCUT2D eigenvalue weighted by Crippen LogP contribution is -2.52. The molecule has 0 bridgehead atoms. The fourth-order valence-corrected chi connectivity index (χ4v) is 4.97. The number of anilines is 1. The Morgan fingerprint density at radius 3 is 2.12 bits per heavy atom. The maximum Gasteiger partial charge on any atom is 0.147 e. The lowest BCUT2D eigenvalue weighted by Gasteiger charge is -2.41. The first-order valence-corrected chi connectivity index (χ1v) is 9.79. The van der Waals surface area contributed by atoms with Crippen LogP contribution in [0.2, 0.25) is 19.6 Å². The van der Waals surface area contributed by atoms with Crippen LogP contribution in [0.4, 0.5) is 5.69 Å². The molecule has 1 aliphatic carbocycles. The molecule has 2 heteroatoms. The Hall–Kier alpha value is -0.763. The average molecular weight is 233 g/mol. The largest absolute Gasteiger partial charge is 0.395 e. The van der Waals surface area contributed by atoms with Gasteiger partial charge in [-0.1, -0.05) is 37.8 Å². The van der Waals surface area contributed by atoms with Crippen molar-refractivity contribution in [2.24, 2.45) is 5.92 Å². The summed E-state index contributed by atoms with van der Waals surface area (Å²) >= 11 is 0. The smallest absolute Gasteiger partial charge is 0.147 e. The fourth-order valence-electron chi connectivity index (χ4n) is 2.61. The highest BCUT2D eigenvalue weighted by molar-refractivity contribution is 6.79. The number of para-hydroxylation sites is 1. The third kappa shape index (κ3) is 2.49. The van der Waals surface area contributed by atoms with Gasteiger partial charge in [0.05, 0.1) is 0 Å². The molecule has 16 heavy (non-hydrogen) atoms. The third-order valence-corrected chi connectivity index (χ3v) is 5.58. The van der Waals surface area contributed by atoms with Crippen LogP contribution in [0.1, 0.15) is 19.8 Å². The van der Waals surface area contributed by atoms with Crippen molar-refractivity contribution in [1.82, 2.24) is 0 Å². The predicted octanol–water partition coefficient (Wildman–Crippen LogP) is 4.13. The molecule has 0 aliphatic heterocycles. The molecule has 1 atom stereocenters. The van der Waals surface area contributed by atoms with Crippen molar-refractivity contribution in [2.45, 2.75) is 45.4 Å². The van der Waals surface area contributed by atoms with E-state index in [1.54, 1.807) is 0 Å². The minimum Gasteiger partial charge on any atom is -0.395 e. The van der Waals surface area contributed by atoms with Crippen molar-refractivity contribution in [2.75, 3.05) is 4.57 Å². The second-order valence-electron chi connectivity index (χ2n) is 5.95. The molecule has 2 rings (SSSR count). The first kappa shape index (κ1) is 11.7. The van der Waals surface area contributed by atoms with E-state index in [1.165, 1.54) is 18.5 Å². The van der Waals surface area contributed by atoms with Gasteiger partial charge in [-0.3, -0.25) is 0 Å². The molecular formula is C14H23NSi. The molecule has 0 amide bonds. The van der Waals surface area contributed by atoms with Gasteiger partial charge in [-0.15, -0.1) is 0 Å². The molecule has 0 radical (unpaired) electrons. The lowest BCUT2D eigenvalue weighted by molar-refractivity contribution is 0.641. The van der Waals surface area contributed by atoms with Crippen molar-refractivity contribution in [3.63, 3.8) is 0 Å². The monoisotopic (exact) mass is 233 g/mol. The highest BCUT2D eigenvalue weighted by atomic mass is 28.3. The van der Waals surface area contributed by atoms with E-state index < -0.39 is 8.24 Å². The summed E-state index contributed by atoms with van der Waals surface area (Å²) in [6.45, 7) is 9.74. The normalized spacial score (nSPS) is 18.2. The second-order valence-corrected chi connectivity index (χ2v) is 10.8. The molecule has 1 aliphatic rings. The molecule has 88 valence electrons. The van der Waals surface area contributed by atoms with E-state index in [0.29, 0.717) is 6.04 Å². The molecule has 0 saturated heterocycles. The summed E-state index contributed by atoms with van der Waals surface area (Å²) in [6, 6.07) is 11.7. The zero-order valence-corrected chi connectivity index (χ0v) is 11.9. The lowest BCUT2D eigenvalue weighted by atomic mass is 10.2. The van der Waals surface area contributed by atoms with E-state index in [0.717, 1.165) is 5.92 Å². The van der Waals surface area contributed by atoms with Gasteiger partial charge in [0.25, 0.3) is 0 Å². The van der Waals surface area contributed by atoms with E-state index >= 15 is 0 Å². The minimum atomic E-state index is -1.28. The van der Waals surface area contributed by atoms with Gasteiger partial charge < -0.3 is 4.57 Å². The number of hydrogen-bond donors (Lipinski definition) is 0. The molecule has 1 saturated carbocycles. The van der Waals surface area contributed by atoms with Gasteiger partial charge in [-0.2, -0.15) is 0 Å². The van der Waals surface area contributed by atoms with Crippen LogP contribution in [0.3, 0.4) is 0 Å². The SMILES string of the molecule is CC(C1CC1)N(c1ccccc1)[Si](C)(C)C. The summed E-state index contributed by atoms with van der Waals surface area (Å²) in [5.41, 5.74) is 1.42. The number of hydrogen-bond acceptors (Lipinski definition) is 1. The van der Waals surface area contributed by atoms with Crippen LogP contribution in [0.5, 0.6) is 0 Å². The first-order chi connectivity index (χ1) is 7.50. The van der Waals surface area contributed by atoms with E-state index in [4.69, 9.17) is 0 Å².